The van der Waals surface area contributed by atoms with Gasteiger partial charge in [0.15, 0.2) is 0 Å². The molecule has 1 atom stereocenters. The highest BCUT2D eigenvalue weighted by Crippen LogP contribution is 2.12. The maximum absolute atomic E-state index is 3.52. The second-order valence-corrected chi connectivity index (χ2v) is 3.70. The number of hydrogen-bond donors (Lipinski definition) is 2. The predicted octanol–water partition coefficient (Wildman–Crippen LogP) is 1.77. The number of hydrogen-bond acceptors (Lipinski definition) is 2. The first kappa shape index (κ1) is 8.57. The number of rotatable bonds is 2. The highest BCUT2D eigenvalue weighted by atomic mass is 15.0. The SMILES string of the molecule is Cc1cccc(NC2CCNC2)c1. The van der Waals surface area contributed by atoms with Crippen LogP contribution in [0.5, 0.6) is 0 Å². The van der Waals surface area contributed by atoms with Crippen molar-refractivity contribution in [3.63, 3.8) is 0 Å². The molecule has 1 aromatic rings. The monoisotopic (exact) mass is 176 g/mol. The summed E-state index contributed by atoms with van der Waals surface area (Å²) < 4.78 is 0. The summed E-state index contributed by atoms with van der Waals surface area (Å²) in [6, 6.07) is 9.16. The molecule has 2 rings (SSSR count). The van der Waals surface area contributed by atoms with E-state index in [0.29, 0.717) is 6.04 Å². The largest absolute Gasteiger partial charge is 0.381 e. The first-order valence-electron chi connectivity index (χ1n) is 4.88. The van der Waals surface area contributed by atoms with E-state index in [1.54, 1.807) is 0 Å². The lowest BCUT2D eigenvalue weighted by molar-refractivity contribution is 0.793. The van der Waals surface area contributed by atoms with Gasteiger partial charge in [-0.1, -0.05) is 12.1 Å². The summed E-state index contributed by atoms with van der Waals surface area (Å²) in [4.78, 5) is 0. The lowest BCUT2D eigenvalue weighted by Gasteiger charge is -2.12. The Morgan fingerprint density at radius 1 is 1.46 bits per heavy atom. The quantitative estimate of drug-likeness (QED) is 0.717. The van der Waals surface area contributed by atoms with Crippen molar-refractivity contribution in [2.45, 2.75) is 19.4 Å². The Kier molecular flexibility index (Phi) is 2.50. The van der Waals surface area contributed by atoms with Crippen LogP contribution in [0, 0.1) is 6.92 Å². The molecule has 2 N–H and O–H groups in total. The molecule has 70 valence electrons. The van der Waals surface area contributed by atoms with Gasteiger partial charge in [-0.25, -0.2) is 0 Å². The third kappa shape index (κ3) is 2.22. The summed E-state index contributed by atoms with van der Waals surface area (Å²) in [7, 11) is 0. The van der Waals surface area contributed by atoms with Gasteiger partial charge in [-0.2, -0.15) is 0 Å². The Bertz CT molecular complexity index is 277. The number of nitrogens with one attached hydrogen (secondary N) is 2. The van der Waals surface area contributed by atoms with Gasteiger partial charge in [-0.3, -0.25) is 0 Å². The molecule has 1 heterocycles. The van der Waals surface area contributed by atoms with E-state index >= 15 is 0 Å². The molecule has 1 fully saturated rings. The van der Waals surface area contributed by atoms with Gasteiger partial charge in [0, 0.05) is 18.3 Å². The third-order valence-corrected chi connectivity index (χ3v) is 2.45. The normalized spacial score (nSPS) is 21.8. The Hall–Kier alpha value is -1.02. The van der Waals surface area contributed by atoms with Crippen LogP contribution >= 0.6 is 0 Å². The van der Waals surface area contributed by atoms with Crippen LogP contribution in [0.1, 0.15) is 12.0 Å². The topological polar surface area (TPSA) is 24.1 Å². The van der Waals surface area contributed by atoms with Crippen LogP contribution in [0.4, 0.5) is 5.69 Å². The molecule has 13 heavy (non-hydrogen) atoms. The highest BCUT2D eigenvalue weighted by Gasteiger charge is 2.13. The Labute approximate surface area is 79.4 Å². The van der Waals surface area contributed by atoms with E-state index in [9.17, 15) is 0 Å². The zero-order chi connectivity index (χ0) is 9.10. The predicted molar refractivity (Wildman–Crippen MR) is 56.1 cm³/mol. The van der Waals surface area contributed by atoms with Crippen molar-refractivity contribution in [1.29, 1.82) is 0 Å². The van der Waals surface area contributed by atoms with Gasteiger partial charge >= 0.3 is 0 Å². The summed E-state index contributed by atoms with van der Waals surface area (Å²) in [6.07, 6.45) is 1.23. The number of benzene rings is 1. The van der Waals surface area contributed by atoms with Crippen molar-refractivity contribution in [2.75, 3.05) is 18.4 Å². The summed E-state index contributed by atoms with van der Waals surface area (Å²) in [5.41, 5.74) is 2.56. The lowest BCUT2D eigenvalue weighted by atomic mass is 10.2. The van der Waals surface area contributed by atoms with Crippen LogP contribution in [-0.4, -0.2) is 19.1 Å². The zero-order valence-electron chi connectivity index (χ0n) is 8.01. The van der Waals surface area contributed by atoms with E-state index in [4.69, 9.17) is 0 Å². The minimum Gasteiger partial charge on any atom is -0.381 e. The van der Waals surface area contributed by atoms with Crippen LogP contribution in [0.15, 0.2) is 24.3 Å². The zero-order valence-corrected chi connectivity index (χ0v) is 8.01. The fourth-order valence-corrected chi connectivity index (χ4v) is 1.75. The second kappa shape index (κ2) is 3.79. The van der Waals surface area contributed by atoms with E-state index in [1.165, 1.54) is 17.7 Å². The Morgan fingerprint density at radius 3 is 3.08 bits per heavy atom. The maximum atomic E-state index is 3.52. The van der Waals surface area contributed by atoms with Crippen molar-refractivity contribution in [3.05, 3.63) is 29.8 Å². The maximum Gasteiger partial charge on any atom is 0.0398 e. The smallest absolute Gasteiger partial charge is 0.0398 e. The third-order valence-electron chi connectivity index (χ3n) is 2.45. The van der Waals surface area contributed by atoms with Crippen molar-refractivity contribution >= 4 is 5.69 Å². The second-order valence-electron chi connectivity index (χ2n) is 3.70. The first-order chi connectivity index (χ1) is 6.34. The average Bonchev–Trinajstić information content (AvgIpc) is 2.57. The molecule has 2 nitrogen and oxygen atoms in total. The average molecular weight is 176 g/mol. The molecule has 1 unspecified atom stereocenters. The standard InChI is InChI=1S/C11H16N2/c1-9-3-2-4-10(7-9)13-11-5-6-12-8-11/h2-4,7,11-13H,5-6,8H2,1H3. The first-order valence-corrected chi connectivity index (χ1v) is 4.88. The van der Waals surface area contributed by atoms with Gasteiger partial charge in [0.2, 0.25) is 0 Å². The van der Waals surface area contributed by atoms with E-state index in [-0.39, 0.29) is 0 Å². The van der Waals surface area contributed by atoms with Crippen LogP contribution in [0.2, 0.25) is 0 Å². The molecule has 0 bridgehead atoms. The molecule has 1 aromatic carbocycles. The van der Waals surface area contributed by atoms with Crippen molar-refractivity contribution < 1.29 is 0 Å². The van der Waals surface area contributed by atoms with Crippen LogP contribution in [0.3, 0.4) is 0 Å². The lowest BCUT2D eigenvalue weighted by Crippen LogP contribution is -2.21. The van der Waals surface area contributed by atoms with Crippen LogP contribution in [-0.2, 0) is 0 Å². The van der Waals surface area contributed by atoms with E-state index in [2.05, 4.69) is 41.8 Å². The highest BCUT2D eigenvalue weighted by molar-refractivity contribution is 5.46. The van der Waals surface area contributed by atoms with Crippen LogP contribution < -0.4 is 10.6 Å². The number of aryl methyl sites for hydroxylation is 1. The molecule has 0 saturated carbocycles. The molecule has 1 saturated heterocycles. The van der Waals surface area contributed by atoms with Gasteiger partial charge in [-0.05, 0) is 37.6 Å². The molecular formula is C11H16N2. The van der Waals surface area contributed by atoms with Crippen LogP contribution in [0.25, 0.3) is 0 Å². The molecule has 0 spiro atoms. The van der Waals surface area contributed by atoms with Crippen molar-refractivity contribution in [2.24, 2.45) is 0 Å². The Morgan fingerprint density at radius 2 is 2.38 bits per heavy atom. The molecule has 1 aliphatic rings. The van der Waals surface area contributed by atoms with Gasteiger partial charge in [0.05, 0.1) is 0 Å². The summed E-state index contributed by atoms with van der Waals surface area (Å²) in [5.74, 6) is 0. The minimum atomic E-state index is 0.613. The fourth-order valence-electron chi connectivity index (χ4n) is 1.75. The molecule has 0 aromatic heterocycles. The minimum absolute atomic E-state index is 0.613. The molecule has 1 aliphatic heterocycles. The van der Waals surface area contributed by atoms with Gasteiger partial charge in [0.1, 0.15) is 0 Å². The molecule has 0 amide bonds. The molecule has 0 radical (unpaired) electrons. The van der Waals surface area contributed by atoms with E-state index < -0.39 is 0 Å². The summed E-state index contributed by atoms with van der Waals surface area (Å²) in [5, 5.41) is 6.86. The van der Waals surface area contributed by atoms with E-state index in [0.717, 1.165) is 13.1 Å². The van der Waals surface area contributed by atoms with Crippen molar-refractivity contribution in [3.8, 4) is 0 Å². The van der Waals surface area contributed by atoms with Gasteiger partial charge in [0.25, 0.3) is 0 Å². The van der Waals surface area contributed by atoms with Crippen molar-refractivity contribution in [1.82, 2.24) is 5.32 Å². The summed E-state index contributed by atoms with van der Waals surface area (Å²) in [6.45, 7) is 4.36. The van der Waals surface area contributed by atoms with Gasteiger partial charge in [-0.15, -0.1) is 0 Å². The summed E-state index contributed by atoms with van der Waals surface area (Å²) >= 11 is 0. The molecule has 0 aliphatic carbocycles. The number of anilines is 1. The fraction of sp³-hybridized carbons (Fsp3) is 0.455. The molecular weight excluding hydrogens is 160 g/mol. The molecule has 2 heteroatoms. The van der Waals surface area contributed by atoms with Gasteiger partial charge < -0.3 is 10.6 Å². The van der Waals surface area contributed by atoms with E-state index in [1.807, 2.05) is 0 Å². The Balaban J connectivity index is 2.00.